The molecule has 1 saturated heterocycles. The largest absolute Gasteiger partial charge is 0.453 e. The molecule has 1 aliphatic rings. The van der Waals surface area contributed by atoms with Crippen LogP contribution in [0.4, 0.5) is 0 Å². The number of carbonyl (C=O) groups excluding carboxylic acids is 1. The number of aryl methyl sites for hydroxylation is 1. The first-order valence-electron chi connectivity index (χ1n) is 10.8. The first-order valence-corrected chi connectivity index (χ1v) is 11.6. The van der Waals surface area contributed by atoms with E-state index in [1.165, 1.54) is 17.3 Å². The molecule has 0 bridgehead atoms. The Labute approximate surface area is 188 Å². The highest BCUT2D eigenvalue weighted by atomic mass is 32.2. The zero-order valence-corrected chi connectivity index (χ0v) is 19.5. The summed E-state index contributed by atoms with van der Waals surface area (Å²) in [5.74, 6) is 1.20. The maximum Gasteiger partial charge on any atom is 0.198 e. The quantitative estimate of drug-likeness (QED) is 0.507. The van der Waals surface area contributed by atoms with Crippen molar-refractivity contribution in [3.8, 4) is 0 Å². The molecule has 0 radical (unpaired) electrons. The van der Waals surface area contributed by atoms with Crippen molar-refractivity contribution in [3.05, 3.63) is 59.6 Å². The molecule has 164 valence electrons. The lowest BCUT2D eigenvalue weighted by atomic mass is 9.85. The van der Waals surface area contributed by atoms with E-state index in [1.807, 2.05) is 35.9 Å². The predicted octanol–water partition coefficient (Wildman–Crippen LogP) is 4.95. The van der Waals surface area contributed by atoms with Gasteiger partial charge >= 0.3 is 0 Å². The van der Waals surface area contributed by atoms with Crippen molar-refractivity contribution < 1.29 is 9.21 Å². The molecule has 0 N–H and O–H groups in total. The molecule has 31 heavy (non-hydrogen) atoms. The molecule has 2 aromatic heterocycles. The summed E-state index contributed by atoms with van der Waals surface area (Å²) in [4.78, 5) is 15.4. The van der Waals surface area contributed by atoms with Crippen molar-refractivity contribution >= 4 is 17.5 Å². The third-order valence-electron chi connectivity index (χ3n) is 5.79. The Kier molecular flexibility index (Phi) is 6.34. The molecule has 4 rings (SSSR count). The van der Waals surface area contributed by atoms with Crippen LogP contribution >= 0.6 is 11.8 Å². The van der Waals surface area contributed by atoms with Crippen molar-refractivity contribution in [2.75, 3.05) is 13.1 Å². The number of rotatable bonds is 6. The summed E-state index contributed by atoms with van der Waals surface area (Å²) in [6.07, 6.45) is 3.65. The van der Waals surface area contributed by atoms with Gasteiger partial charge in [-0.1, -0.05) is 45.0 Å². The van der Waals surface area contributed by atoms with E-state index in [9.17, 15) is 4.79 Å². The highest BCUT2D eigenvalue weighted by molar-refractivity contribution is 7.99. The summed E-state index contributed by atoms with van der Waals surface area (Å²) >= 11 is 1.46. The lowest BCUT2D eigenvalue weighted by molar-refractivity contribution is 0.0801. The van der Waals surface area contributed by atoms with Crippen LogP contribution in [0.5, 0.6) is 0 Å². The minimum absolute atomic E-state index is 0.0386. The van der Waals surface area contributed by atoms with Crippen LogP contribution in [0.25, 0.3) is 0 Å². The van der Waals surface area contributed by atoms with Gasteiger partial charge in [-0.15, -0.1) is 10.2 Å². The van der Waals surface area contributed by atoms with Gasteiger partial charge in [-0.25, -0.2) is 0 Å². The monoisotopic (exact) mass is 438 g/mol. The number of hydrogen-bond donors (Lipinski definition) is 0. The number of carbonyl (C=O) groups is 1. The lowest BCUT2D eigenvalue weighted by Crippen LogP contribution is -2.38. The van der Waals surface area contributed by atoms with Gasteiger partial charge in [0.1, 0.15) is 12.1 Å². The van der Waals surface area contributed by atoms with Gasteiger partial charge in [0.05, 0.1) is 6.54 Å². The van der Waals surface area contributed by atoms with Crippen LogP contribution in [0.3, 0.4) is 0 Å². The van der Waals surface area contributed by atoms with Gasteiger partial charge in [0.2, 0.25) is 0 Å². The van der Waals surface area contributed by atoms with E-state index in [1.54, 1.807) is 6.33 Å². The van der Waals surface area contributed by atoms with Crippen molar-refractivity contribution in [3.63, 3.8) is 0 Å². The van der Waals surface area contributed by atoms with Crippen molar-refractivity contribution in [1.29, 1.82) is 0 Å². The Morgan fingerprint density at radius 2 is 1.97 bits per heavy atom. The van der Waals surface area contributed by atoms with Crippen LogP contribution < -0.4 is 0 Å². The number of Topliss-reactive ketones (excluding diaryl/α,β-unsaturated/α-hetero) is 1. The number of nitrogens with zero attached hydrogens (tertiary/aromatic N) is 4. The summed E-state index contributed by atoms with van der Waals surface area (Å²) in [6.45, 7) is 9.04. The summed E-state index contributed by atoms with van der Waals surface area (Å²) in [5, 5.41) is 9.57. The SMILES string of the molecule is Cn1cnnc1Sc1ccc(CN2CCC[C@H](C(=O)c3ccc(C(C)(C)C)cc3)C2)o1. The molecule has 1 atom stereocenters. The van der Waals surface area contributed by atoms with Crippen LogP contribution in [0, 0.1) is 5.92 Å². The highest BCUT2D eigenvalue weighted by Crippen LogP contribution is 2.29. The van der Waals surface area contributed by atoms with E-state index in [0.717, 1.165) is 47.5 Å². The van der Waals surface area contributed by atoms with Crippen LogP contribution in [0.15, 0.2) is 57.4 Å². The minimum atomic E-state index is 0.0386. The van der Waals surface area contributed by atoms with Gasteiger partial charge in [-0.2, -0.15) is 0 Å². The van der Waals surface area contributed by atoms with E-state index >= 15 is 0 Å². The fraction of sp³-hybridized carbons (Fsp3) is 0.458. The number of hydrogen-bond acceptors (Lipinski definition) is 6. The third-order valence-corrected chi connectivity index (χ3v) is 6.76. The summed E-state index contributed by atoms with van der Waals surface area (Å²) in [5.41, 5.74) is 2.17. The lowest BCUT2D eigenvalue weighted by Gasteiger charge is -2.31. The summed E-state index contributed by atoms with van der Waals surface area (Å²) in [6, 6.07) is 12.1. The molecule has 3 aromatic rings. The van der Waals surface area contributed by atoms with Crippen molar-refractivity contribution in [1.82, 2.24) is 19.7 Å². The van der Waals surface area contributed by atoms with Gasteiger partial charge in [0.15, 0.2) is 16.0 Å². The molecule has 1 aliphatic heterocycles. The van der Waals surface area contributed by atoms with Crippen LogP contribution in [-0.4, -0.2) is 38.5 Å². The minimum Gasteiger partial charge on any atom is -0.453 e. The standard InChI is InChI=1S/C24H30N4O2S/c1-24(2,3)19-9-7-17(8-10-19)22(29)18-6-5-13-28(14-18)15-20-11-12-21(30-20)31-23-26-25-16-27(23)4/h7-12,16,18H,5-6,13-15H2,1-4H3/t18-/m0/s1. The molecule has 1 fully saturated rings. The molecule has 0 amide bonds. The molecule has 0 saturated carbocycles. The molecule has 7 heteroatoms. The normalized spacial score (nSPS) is 17.7. The van der Waals surface area contributed by atoms with E-state index in [4.69, 9.17) is 4.42 Å². The molecule has 3 heterocycles. The molecule has 1 aromatic carbocycles. The van der Waals surface area contributed by atoms with Gasteiger partial charge in [-0.3, -0.25) is 9.69 Å². The number of furan rings is 1. The van der Waals surface area contributed by atoms with Gasteiger partial charge in [-0.05, 0) is 54.3 Å². The van der Waals surface area contributed by atoms with Crippen molar-refractivity contribution in [2.45, 2.75) is 55.8 Å². The van der Waals surface area contributed by atoms with E-state index in [2.05, 4.69) is 48.0 Å². The Bertz CT molecular complexity index is 1030. The average molecular weight is 439 g/mol. The first kappa shape index (κ1) is 21.8. The number of piperidine rings is 1. The van der Waals surface area contributed by atoms with Crippen LogP contribution in [-0.2, 0) is 19.0 Å². The zero-order chi connectivity index (χ0) is 22.0. The Hall–Kier alpha value is -2.38. The van der Waals surface area contributed by atoms with Crippen LogP contribution in [0.2, 0.25) is 0 Å². The van der Waals surface area contributed by atoms with E-state index in [0.29, 0.717) is 6.54 Å². The van der Waals surface area contributed by atoms with Gasteiger partial charge < -0.3 is 8.98 Å². The summed E-state index contributed by atoms with van der Waals surface area (Å²) < 4.78 is 7.86. The number of benzene rings is 1. The summed E-state index contributed by atoms with van der Waals surface area (Å²) in [7, 11) is 1.91. The number of ketones is 1. The highest BCUT2D eigenvalue weighted by Gasteiger charge is 2.27. The Balaban J connectivity index is 1.36. The average Bonchev–Trinajstić information content (AvgIpc) is 3.36. The number of likely N-dealkylation sites (tertiary alicyclic amines) is 1. The van der Waals surface area contributed by atoms with Gasteiger partial charge in [0.25, 0.3) is 0 Å². The third kappa shape index (κ3) is 5.28. The molecule has 0 unspecified atom stereocenters. The fourth-order valence-corrected chi connectivity index (χ4v) is 4.70. The van der Waals surface area contributed by atoms with E-state index < -0.39 is 0 Å². The van der Waals surface area contributed by atoms with Gasteiger partial charge in [0, 0.05) is 25.1 Å². The second-order valence-corrected chi connectivity index (χ2v) is 10.3. The van der Waals surface area contributed by atoms with Crippen LogP contribution in [0.1, 0.15) is 55.3 Å². The Morgan fingerprint density at radius 3 is 2.65 bits per heavy atom. The first-order chi connectivity index (χ1) is 14.8. The number of aromatic nitrogens is 3. The smallest absolute Gasteiger partial charge is 0.198 e. The molecular formula is C24H30N4O2S. The topological polar surface area (TPSA) is 64.2 Å². The second kappa shape index (κ2) is 9.01. The fourth-order valence-electron chi connectivity index (χ4n) is 3.96. The van der Waals surface area contributed by atoms with Crippen molar-refractivity contribution in [2.24, 2.45) is 13.0 Å². The second-order valence-electron chi connectivity index (χ2n) is 9.31. The maximum atomic E-state index is 13.1. The van der Waals surface area contributed by atoms with E-state index in [-0.39, 0.29) is 17.1 Å². The molecular weight excluding hydrogens is 408 g/mol. The molecule has 0 spiro atoms. The Morgan fingerprint density at radius 1 is 1.19 bits per heavy atom. The molecule has 6 nitrogen and oxygen atoms in total. The molecule has 0 aliphatic carbocycles. The maximum absolute atomic E-state index is 13.1. The predicted molar refractivity (Wildman–Crippen MR) is 121 cm³/mol. The zero-order valence-electron chi connectivity index (χ0n) is 18.7.